The van der Waals surface area contributed by atoms with Crippen LogP contribution in [0.1, 0.15) is 6.92 Å². The van der Waals surface area contributed by atoms with Gasteiger partial charge in [-0.25, -0.2) is 13.1 Å². The molecule has 0 saturated carbocycles. The second kappa shape index (κ2) is 6.02. The Labute approximate surface area is 111 Å². The van der Waals surface area contributed by atoms with Crippen LogP contribution < -0.4 is 4.72 Å². The van der Waals surface area contributed by atoms with Crippen LogP contribution in [0.3, 0.4) is 0 Å². The predicted octanol–water partition coefficient (Wildman–Crippen LogP) is 2.31. The molecule has 1 rings (SSSR count). The molecule has 0 fully saturated rings. The maximum Gasteiger partial charge on any atom is 0.243 e. The Hall–Kier alpha value is -0.330. The average molecular weight is 298 g/mol. The van der Waals surface area contributed by atoms with E-state index in [-0.39, 0.29) is 27.6 Å². The van der Waals surface area contributed by atoms with Crippen LogP contribution in [-0.4, -0.2) is 28.2 Å². The quantitative estimate of drug-likeness (QED) is 0.907. The summed E-state index contributed by atoms with van der Waals surface area (Å²) in [5.41, 5.74) is 0. The van der Waals surface area contributed by atoms with Crippen LogP contribution in [0.2, 0.25) is 10.0 Å². The molecule has 1 atom stereocenters. The summed E-state index contributed by atoms with van der Waals surface area (Å²) in [6.45, 7) is 1.90. The van der Waals surface area contributed by atoms with Gasteiger partial charge in [0.05, 0.1) is 16.1 Å². The van der Waals surface area contributed by atoms with Crippen LogP contribution in [0.25, 0.3) is 0 Å². The third-order valence-electron chi connectivity index (χ3n) is 2.15. The molecule has 1 unspecified atom stereocenters. The van der Waals surface area contributed by atoms with E-state index < -0.39 is 10.0 Å². The van der Waals surface area contributed by atoms with Gasteiger partial charge in [0.1, 0.15) is 4.90 Å². The molecule has 0 saturated heterocycles. The van der Waals surface area contributed by atoms with E-state index in [2.05, 4.69) is 4.72 Å². The standard InChI is InChI=1S/C10H13Cl2NO3S/c1-7(16-2)6-13-17(14,15)10-8(11)4-3-5-9(10)12/h3-5,7,13H,6H2,1-2H3. The minimum atomic E-state index is -3.72. The molecular weight excluding hydrogens is 285 g/mol. The molecule has 96 valence electrons. The molecule has 0 radical (unpaired) electrons. The van der Waals surface area contributed by atoms with Gasteiger partial charge >= 0.3 is 0 Å². The highest BCUT2D eigenvalue weighted by Gasteiger charge is 2.21. The Morgan fingerprint density at radius 2 is 1.88 bits per heavy atom. The summed E-state index contributed by atoms with van der Waals surface area (Å²) in [7, 11) is -2.22. The van der Waals surface area contributed by atoms with E-state index in [1.807, 2.05) is 0 Å². The Morgan fingerprint density at radius 3 is 2.35 bits per heavy atom. The molecule has 0 amide bonds. The van der Waals surface area contributed by atoms with Crippen LogP contribution in [-0.2, 0) is 14.8 Å². The molecule has 0 spiro atoms. The normalized spacial score (nSPS) is 13.6. The highest BCUT2D eigenvalue weighted by molar-refractivity contribution is 7.89. The minimum absolute atomic E-state index is 0.0927. The summed E-state index contributed by atoms with van der Waals surface area (Å²) in [6.07, 6.45) is -0.231. The zero-order chi connectivity index (χ0) is 13.1. The van der Waals surface area contributed by atoms with Crippen molar-refractivity contribution in [2.45, 2.75) is 17.9 Å². The molecule has 0 aromatic heterocycles. The van der Waals surface area contributed by atoms with E-state index >= 15 is 0 Å². The molecule has 1 N–H and O–H groups in total. The van der Waals surface area contributed by atoms with Gasteiger partial charge in [-0.15, -0.1) is 0 Å². The van der Waals surface area contributed by atoms with Crippen LogP contribution in [0, 0.1) is 0 Å². The third-order valence-corrected chi connectivity index (χ3v) is 4.53. The van der Waals surface area contributed by atoms with Crippen molar-refractivity contribution in [3.8, 4) is 0 Å². The first-order valence-corrected chi connectivity index (χ1v) is 7.09. The van der Waals surface area contributed by atoms with Crippen molar-refractivity contribution in [1.29, 1.82) is 0 Å². The number of benzene rings is 1. The Balaban J connectivity index is 2.98. The molecule has 4 nitrogen and oxygen atoms in total. The zero-order valence-electron chi connectivity index (χ0n) is 9.41. The Kier molecular flexibility index (Phi) is 5.22. The topological polar surface area (TPSA) is 55.4 Å². The summed E-state index contributed by atoms with van der Waals surface area (Å²) < 4.78 is 31.3. The molecule has 1 aromatic carbocycles. The van der Waals surface area contributed by atoms with Crippen molar-refractivity contribution in [2.24, 2.45) is 0 Å². The number of ether oxygens (including phenoxy) is 1. The maximum atomic E-state index is 12.0. The Bertz CT molecular complexity index is 470. The number of sulfonamides is 1. The van der Waals surface area contributed by atoms with Crippen molar-refractivity contribution >= 4 is 33.2 Å². The Morgan fingerprint density at radius 1 is 1.35 bits per heavy atom. The average Bonchev–Trinajstić information content (AvgIpc) is 2.25. The fourth-order valence-corrected chi connectivity index (χ4v) is 3.38. The fourth-order valence-electron chi connectivity index (χ4n) is 1.12. The molecule has 17 heavy (non-hydrogen) atoms. The van der Waals surface area contributed by atoms with Crippen molar-refractivity contribution in [2.75, 3.05) is 13.7 Å². The third kappa shape index (κ3) is 3.82. The van der Waals surface area contributed by atoms with Gasteiger partial charge in [0.15, 0.2) is 0 Å². The number of nitrogens with one attached hydrogen (secondary N) is 1. The smallest absolute Gasteiger partial charge is 0.243 e. The van der Waals surface area contributed by atoms with E-state index in [1.54, 1.807) is 13.0 Å². The summed E-state index contributed by atoms with van der Waals surface area (Å²) in [4.78, 5) is -0.105. The van der Waals surface area contributed by atoms with E-state index in [0.717, 1.165) is 0 Å². The molecule has 0 aliphatic rings. The lowest BCUT2D eigenvalue weighted by Gasteiger charge is -2.13. The first kappa shape index (κ1) is 14.7. The van der Waals surface area contributed by atoms with Crippen LogP contribution in [0.15, 0.2) is 23.1 Å². The van der Waals surface area contributed by atoms with E-state index in [9.17, 15) is 8.42 Å². The summed E-state index contributed by atoms with van der Waals surface area (Å²) >= 11 is 11.7. The van der Waals surface area contributed by atoms with E-state index in [4.69, 9.17) is 27.9 Å². The number of hydrogen-bond acceptors (Lipinski definition) is 3. The second-order valence-electron chi connectivity index (χ2n) is 3.45. The molecular formula is C10H13Cl2NO3S. The van der Waals surface area contributed by atoms with E-state index in [0.29, 0.717) is 0 Å². The summed E-state index contributed by atoms with van der Waals surface area (Å²) in [5, 5.41) is 0.185. The maximum absolute atomic E-state index is 12.0. The summed E-state index contributed by atoms with van der Waals surface area (Å²) in [5.74, 6) is 0. The van der Waals surface area contributed by atoms with Crippen LogP contribution >= 0.6 is 23.2 Å². The van der Waals surface area contributed by atoms with Crippen molar-refractivity contribution in [1.82, 2.24) is 4.72 Å². The van der Waals surface area contributed by atoms with Gasteiger partial charge in [-0.2, -0.15) is 0 Å². The molecule has 1 aromatic rings. The molecule has 0 aliphatic heterocycles. The van der Waals surface area contributed by atoms with Gasteiger partial charge in [-0.3, -0.25) is 0 Å². The number of halogens is 2. The van der Waals surface area contributed by atoms with Crippen molar-refractivity contribution in [3.63, 3.8) is 0 Å². The van der Waals surface area contributed by atoms with E-state index in [1.165, 1.54) is 19.2 Å². The monoisotopic (exact) mass is 297 g/mol. The number of rotatable bonds is 5. The van der Waals surface area contributed by atoms with Crippen molar-refractivity contribution in [3.05, 3.63) is 28.2 Å². The lowest BCUT2D eigenvalue weighted by atomic mass is 10.4. The van der Waals surface area contributed by atoms with Gasteiger partial charge in [0.2, 0.25) is 10.0 Å². The summed E-state index contributed by atoms with van der Waals surface area (Å²) in [6, 6.07) is 4.53. The lowest BCUT2D eigenvalue weighted by molar-refractivity contribution is 0.122. The second-order valence-corrected chi connectivity index (χ2v) is 5.97. The van der Waals surface area contributed by atoms with Crippen LogP contribution in [0.5, 0.6) is 0 Å². The molecule has 0 heterocycles. The largest absolute Gasteiger partial charge is 0.380 e. The minimum Gasteiger partial charge on any atom is -0.380 e. The number of hydrogen-bond donors (Lipinski definition) is 1. The number of methoxy groups -OCH3 is 1. The zero-order valence-corrected chi connectivity index (χ0v) is 11.7. The van der Waals surface area contributed by atoms with Crippen molar-refractivity contribution < 1.29 is 13.2 Å². The van der Waals surface area contributed by atoms with Gasteiger partial charge < -0.3 is 4.74 Å². The van der Waals surface area contributed by atoms with Gasteiger partial charge in [0.25, 0.3) is 0 Å². The lowest BCUT2D eigenvalue weighted by Crippen LogP contribution is -2.32. The van der Waals surface area contributed by atoms with Crippen LogP contribution in [0.4, 0.5) is 0 Å². The SMILES string of the molecule is COC(C)CNS(=O)(=O)c1c(Cl)cccc1Cl. The first-order valence-electron chi connectivity index (χ1n) is 4.85. The molecule has 7 heteroatoms. The van der Waals surface area contributed by atoms with Gasteiger partial charge in [-0.1, -0.05) is 29.3 Å². The predicted molar refractivity (Wildman–Crippen MR) is 68.1 cm³/mol. The molecule has 0 aliphatic carbocycles. The highest BCUT2D eigenvalue weighted by atomic mass is 35.5. The van der Waals surface area contributed by atoms with Gasteiger partial charge in [0, 0.05) is 13.7 Å². The van der Waals surface area contributed by atoms with Gasteiger partial charge in [-0.05, 0) is 19.1 Å². The fraction of sp³-hybridized carbons (Fsp3) is 0.400. The molecule has 0 bridgehead atoms. The first-order chi connectivity index (χ1) is 7.88. The highest BCUT2D eigenvalue weighted by Crippen LogP contribution is 2.28.